The molecule has 1 N–H and O–H groups in total. The first-order valence-corrected chi connectivity index (χ1v) is 9.46. The van der Waals surface area contributed by atoms with E-state index in [9.17, 15) is 13.2 Å². The zero-order valence-electron chi connectivity index (χ0n) is 13.7. The predicted molar refractivity (Wildman–Crippen MR) is 97.8 cm³/mol. The number of H-pyrrole nitrogens is 1. The molecule has 7 heteroatoms. The molecule has 0 saturated carbocycles. The molecule has 130 valence electrons. The molecule has 0 atom stereocenters. The van der Waals surface area contributed by atoms with Crippen molar-refractivity contribution in [3.05, 3.63) is 88.8 Å². The largest absolute Gasteiger partial charge is 0.343 e. The Morgan fingerprint density at radius 3 is 2.50 bits per heavy atom. The van der Waals surface area contributed by atoms with Gasteiger partial charge in [0, 0.05) is 29.7 Å². The van der Waals surface area contributed by atoms with Crippen molar-refractivity contribution in [2.24, 2.45) is 0 Å². The Labute approximate surface area is 149 Å². The van der Waals surface area contributed by atoms with Gasteiger partial charge in [0.2, 0.25) is 9.84 Å². The predicted octanol–water partition coefficient (Wildman–Crippen LogP) is 2.61. The third-order valence-electron chi connectivity index (χ3n) is 4.18. The molecule has 2 aromatic carbocycles. The SMILES string of the molecule is O=c1ccc(S(=O)(=O)c2ccc3c(ccn3Cc3ccccc3)c2)n[nH]1. The smallest absolute Gasteiger partial charge is 0.264 e. The normalized spacial score (nSPS) is 11.7. The Morgan fingerprint density at radius 1 is 0.962 bits per heavy atom. The molecule has 4 rings (SSSR count). The lowest BCUT2D eigenvalue weighted by atomic mass is 10.2. The summed E-state index contributed by atoms with van der Waals surface area (Å²) in [6.07, 6.45) is 1.94. The Bertz CT molecular complexity index is 1220. The van der Waals surface area contributed by atoms with Crippen LogP contribution in [0, 0.1) is 0 Å². The Morgan fingerprint density at radius 2 is 1.77 bits per heavy atom. The molecular weight excluding hydrogens is 350 g/mol. The fourth-order valence-corrected chi connectivity index (χ4v) is 4.05. The molecule has 2 aromatic heterocycles. The molecule has 0 amide bonds. The number of benzene rings is 2. The lowest BCUT2D eigenvalue weighted by Gasteiger charge is -2.07. The van der Waals surface area contributed by atoms with Gasteiger partial charge in [0.05, 0.1) is 4.90 Å². The van der Waals surface area contributed by atoms with E-state index in [0.717, 1.165) is 17.0 Å². The molecule has 2 heterocycles. The van der Waals surface area contributed by atoms with Crippen molar-refractivity contribution >= 4 is 20.7 Å². The molecule has 6 nitrogen and oxygen atoms in total. The van der Waals surface area contributed by atoms with E-state index in [1.165, 1.54) is 11.6 Å². The van der Waals surface area contributed by atoms with Crippen LogP contribution in [0.1, 0.15) is 5.56 Å². The number of fused-ring (bicyclic) bond motifs is 1. The van der Waals surface area contributed by atoms with Gasteiger partial charge in [0.15, 0.2) is 5.03 Å². The summed E-state index contributed by atoms with van der Waals surface area (Å²) in [5, 5.41) is 6.44. The summed E-state index contributed by atoms with van der Waals surface area (Å²) in [6.45, 7) is 0.706. The fourth-order valence-electron chi connectivity index (χ4n) is 2.87. The van der Waals surface area contributed by atoms with Crippen LogP contribution in [0.2, 0.25) is 0 Å². The Hall–Kier alpha value is -3.19. The molecule has 0 aliphatic rings. The minimum Gasteiger partial charge on any atom is -0.343 e. The molecular formula is C19H15N3O3S. The van der Waals surface area contributed by atoms with E-state index in [-0.39, 0.29) is 9.92 Å². The molecule has 0 saturated heterocycles. The summed E-state index contributed by atoms with van der Waals surface area (Å²) >= 11 is 0. The van der Waals surface area contributed by atoms with Crippen molar-refractivity contribution in [3.63, 3.8) is 0 Å². The second-order valence-electron chi connectivity index (χ2n) is 5.91. The van der Waals surface area contributed by atoms with E-state index in [2.05, 4.69) is 14.8 Å². The minimum absolute atomic E-state index is 0.141. The summed E-state index contributed by atoms with van der Waals surface area (Å²) in [7, 11) is -3.79. The van der Waals surface area contributed by atoms with Crippen LogP contribution in [0.15, 0.2) is 87.6 Å². The average Bonchev–Trinajstić information content (AvgIpc) is 3.05. The van der Waals surface area contributed by atoms with Gasteiger partial charge in [-0.2, -0.15) is 5.10 Å². The van der Waals surface area contributed by atoms with Crippen LogP contribution in [-0.2, 0) is 16.4 Å². The summed E-state index contributed by atoms with van der Waals surface area (Å²) in [5.41, 5.74) is 1.67. The fraction of sp³-hybridized carbons (Fsp3) is 0.0526. The van der Waals surface area contributed by atoms with Crippen LogP contribution in [0.25, 0.3) is 10.9 Å². The molecule has 0 aliphatic heterocycles. The van der Waals surface area contributed by atoms with Crippen molar-refractivity contribution in [1.29, 1.82) is 0 Å². The highest BCUT2D eigenvalue weighted by Crippen LogP contribution is 2.24. The minimum atomic E-state index is -3.79. The highest BCUT2D eigenvalue weighted by Gasteiger charge is 2.20. The van der Waals surface area contributed by atoms with E-state index in [1.54, 1.807) is 18.2 Å². The van der Waals surface area contributed by atoms with Crippen molar-refractivity contribution in [1.82, 2.24) is 14.8 Å². The van der Waals surface area contributed by atoms with Gasteiger partial charge < -0.3 is 4.57 Å². The van der Waals surface area contributed by atoms with Crippen molar-refractivity contribution in [2.75, 3.05) is 0 Å². The Balaban J connectivity index is 1.73. The molecule has 0 radical (unpaired) electrons. The van der Waals surface area contributed by atoms with Gasteiger partial charge in [-0.3, -0.25) is 4.79 Å². The van der Waals surface area contributed by atoms with Crippen molar-refractivity contribution in [3.8, 4) is 0 Å². The number of hydrogen-bond donors (Lipinski definition) is 1. The first-order chi connectivity index (χ1) is 12.5. The van der Waals surface area contributed by atoms with Gasteiger partial charge in [-0.25, -0.2) is 13.5 Å². The van der Waals surface area contributed by atoms with E-state index in [1.807, 2.05) is 42.6 Å². The van der Waals surface area contributed by atoms with Crippen molar-refractivity contribution < 1.29 is 8.42 Å². The van der Waals surface area contributed by atoms with E-state index < -0.39 is 15.4 Å². The summed E-state index contributed by atoms with van der Waals surface area (Å²) < 4.78 is 27.5. The molecule has 0 bridgehead atoms. The first-order valence-electron chi connectivity index (χ1n) is 7.98. The molecule has 0 unspecified atom stereocenters. The zero-order valence-corrected chi connectivity index (χ0v) is 14.5. The summed E-state index contributed by atoms with van der Waals surface area (Å²) in [5.74, 6) is 0. The second kappa shape index (κ2) is 6.27. The molecule has 4 aromatic rings. The molecule has 0 fully saturated rings. The van der Waals surface area contributed by atoms with Crippen LogP contribution in [0.5, 0.6) is 0 Å². The molecule has 0 spiro atoms. The molecule has 26 heavy (non-hydrogen) atoms. The monoisotopic (exact) mass is 365 g/mol. The number of rotatable bonds is 4. The standard InChI is InChI=1S/C19H15N3O3S/c23-18-8-9-19(21-20-18)26(24,25)16-6-7-17-15(12-16)10-11-22(17)13-14-4-2-1-3-5-14/h1-12H,13H2,(H,20,23). The van der Waals surface area contributed by atoms with E-state index in [0.29, 0.717) is 6.54 Å². The van der Waals surface area contributed by atoms with Gasteiger partial charge in [-0.05, 0) is 35.9 Å². The van der Waals surface area contributed by atoms with Crippen LogP contribution < -0.4 is 5.56 Å². The third kappa shape index (κ3) is 2.93. The zero-order chi connectivity index (χ0) is 18.1. The number of sulfone groups is 1. The Kier molecular flexibility index (Phi) is 3.93. The van der Waals surface area contributed by atoms with Crippen LogP contribution in [-0.4, -0.2) is 23.2 Å². The summed E-state index contributed by atoms with van der Waals surface area (Å²) in [6, 6.07) is 19.3. The van der Waals surface area contributed by atoms with Gasteiger partial charge in [0.25, 0.3) is 5.56 Å². The number of aromatic nitrogens is 3. The van der Waals surface area contributed by atoms with Crippen LogP contribution >= 0.6 is 0 Å². The lowest BCUT2D eigenvalue weighted by molar-refractivity contribution is 0.590. The maximum atomic E-state index is 12.7. The van der Waals surface area contributed by atoms with Gasteiger partial charge in [-0.1, -0.05) is 30.3 Å². The third-order valence-corrected chi connectivity index (χ3v) is 5.83. The quantitative estimate of drug-likeness (QED) is 0.602. The molecule has 0 aliphatic carbocycles. The number of nitrogens with one attached hydrogen (secondary N) is 1. The van der Waals surface area contributed by atoms with Crippen LogP contribution in [0.3, 0.4) is 0 Å². The lowest BCUT2D eigenvalue weighted by Crippen LogP contribution is -2.12. The summed E-state index contributed by atoms with van der Waals surface area (Å²) in [4.78, 5) is 11.2. The van der Waals surface area contributed by atoms with E-state index in [4.69, 9.17) is 0 Å². The maximum Gasteiger partial charge on any atom is 0.264 e. The first kappa shape index (κ1) is 16.3. The van der Waals surface area contributed by atoms with Crippen molar-refractivity contribution in [2.45, 2.75) is 16.5 Å². The number of nitrogens with zero attached hydrogens (tertiary/aromatic N) is 2. The maximum absolute atomic E-state index is 12.7. The van der Waals surface area contributed by atoms with Gasteiger partial charge in [0.1, 0.15) is 0 Å². The second-order valence-corrected chi connectivity index (χ2v) is 7.81. The average molecular weight is 365 g/mol. The van der Waals surface area contributed by atoms with Crippen LogP contribution in [0.4, 0.5) is 0 Å². The number of aromatic amines is 1. The van der Waals surface area contributed by atoms with Gasteiger partial charge >= 0.3 is 0 Å². The highest BCUT2D eigenvalue weighted by molar-refractivity contribution is 7.91. The highest BCUT2D eigenvalue weighted by atomic mass is 32.2. The number of hydrogen-bond acceptors (Lipinski definition) is 4. The van der Waals surface area contributed by atoms with Gasteiger partial charge in [-0.15, -0.1) is 0 Å². The van der Waals surface area contributed by atoms with E-state index >= 15 is 0 Å². The topological polar surface area (TPSA) is 84.8 Å².